The first-order chi connectivity index (χ1) is 29.2. The topological polar surface area (TPSA) is 256 Å². The zero-order valence-corrected chi connectivity index (χ0v) is 37.9. The van der Waals surface area contributed by atoms with Crippen LogP contribution in [0.5, 0.6) is 0 Å². The summed E-state index contributed by atoms with van der Waals surface area (Å²) in [6.07, 6.45) is 2.09. The highest BCUT2D eigenvalue weighted by atomic mass is 32.2. The highest BCUT2D eigenvalue weighted by Gasteiger charge is 2.45. The zero-order valence-electron chi connectivity index (χ0n) is 37.1. The first-order valence-corrected chi connectivity index (χ1v) is 22.4. The van der Waals surface area contributed by atoms with Crippen molar-refractivity contribution in [1.82, 2.24) is 41.2 Å². The third kappa shape index (κ3) is 17.1. The second kappa shape index (κ2) is 24.6. The number of amides is 4. The van der Waals surface area contributed by atoms with Gasteiger partial charge in [-0.15, -0.1) is 5.10 Å². The van der Waals surface area contributed by atoms with Gasteiger partial charge in [0.25, 0.3) is 10.1 Å². The maximum atomic E-state index is 14.4. The summed E-state index contributed by atoms with van der Waals surface area (Å²) in [5.74, 6) is -3.63. The van der Waals surface area contributed by atoms with Crippen molar-refractivity contribution in [2.24, 2.45) is 11.8 Å². The van der Waals surface area contributed by atoms with E-state index in [0.29, 0.717) is 32.0 Å². The molecule has 0 radical (unpaired) electrons. The number of carbonyl (C=O) groups is 6. The van der Waals surface area contributed by atoms with Gasteiger partial charge in [0.05, 0.1) is 56.0 Å². The maximum absolute atomic E-state index is 14.4. The number of hydrogen-bond acceptors (Lipinski definition) is 15. The smallest absolute Gasteiger partial charge is 0.428 e. The fraction of sp³-hybridized carbons (Fsp3) is 0.659. The Balaban J connectivity index is 1.72. The lowest BCUT2D eigenvalue weighted by Gasteiger charge is -2.31. The van der Waals surface area contributed by atoms with Crippen molar-refractivity contribution in [3.63, 3.8) is 0 Å². The van der Waals surface area contributed by atoms with Crippen LogP contribution >= 0.6 is 0 Å². The molecule has 21 heteroatoms. The first-order valence-electron chi connectivity index (χ1n) is 20.9. The largest absolute Gasteiger partial charge is 0.509 e. The number of rotatable bonds is 25. The van der Waals surface area contributed by atoms with Crippen LogP contribution < -0.4 is 21.3 Å². The van der Waals surface area contributed by atoms with Gasteiger partial charge >= 0.3 is 6.16 Å². The van der Waals surface area contributed by atoms with Crippen LogP contribution in [0.4, 0.5) is 4.79 Å². The molecule has 346 valence electrons. The molecule has 3 rings (SSSR count). The van der Waals surface area contributed by atoms with Crippen molar-refractivity contribution >= 4 is 45.7 Å². The maximum Gasteiger partial charge on any atom is 0.509 e. The van der Waals surface area contributed by atoms with Crippen LogP contribution in [0.2, 0.25) is 0 Å². The van der Waals surface area contributed by atoms with Gasteiger partial charge in [-0.05, 0) is 63.5 Å². The number of aromatic nitrogens is 3. The van der Waals surface area contributed by atoms with Gasteiger partial charge in [0.15, 0.2) is 5.60 Å². The summed E-state index contributed by atoms with van der Waals surface area (Å²) >= 11 is 0. The molecule has 0 bridgehead atoms. The average Bonchev–Trinajstić information content (AvgIpc) is 3.69. The van der Waals surface area contributed by atoms with Crippen LogP contribution in [0.15, 0.2) is 35.4 Å². The molecule has 62 heavy (non-hydrogen) atoms. The Morgan fingerprint density at radius 1 is 0.855 bits per heavy atom. The van der Waals surface area contributed by atoms with Crippen molar-refractivity contribution in [3.05, 3.63) is 41.7 Å². The molecule has 1 saturated heterocycles. The second-order valence-electron chi connectivity index (χ2n) is 16.3. The number of ether oxygens (including phenoxy) is 3. The summed E-state index contributed by atoms with van der Waals surface area (Å²) in [6, 6.07) is 3.44. The third-order valence-corrected chi connectivity index (χ3v) is 11.2. The van der Waals surface area contributed by atoms with Gasteiger partial charge in [0, 0.05) is 13.1 Å². The zero-order chi connectivity index (χ0) is 46.0. The molecule has 1 aliphatic rings. The van der Waals surface area contributed by atoms with Crippen LogP contribution in [0, 0.1) is 18.8 Å². The number of ketones is 1. The molecule has 1 aliphatic heterocycles. The summed E-state index contributed by atoms with van der Waals surface area (Å²) < 4.78 is 49.5. The van der Waals surface area contributed by atoms with Gasteiger partial charge in [0.2, 0.25) is 29.4 Å². The normalized spacial score (nSPS) is 15.3. The van der Waals surface area contributed by atoms with E-state index in [1.54, 1.807) is 43.8 Å². The summed E-state index contributed by atoms with van der Waals surface area (Å²) in [7, 11) is -4.47. The summed E-state index contributed by atoms with van der Waals surface area (Å²) in [5, 5.41) is 18.3. The van der Waals surface area contributed by atoms with Crippen LogP contribution in [-0.2, 0) is 59.1 Å². The molecule has 1 aromatic carbocycles. The van der Waals surface area contributed by atoms with Gasteiger partial charge < -0.3 is 35.5 Å². The van der Waals surface area contributed by atoms with Crippen LogP contribution in [0.25, 0.3) is 0 Å². The lowest BCUT2D eigenvalue weighted by Crippen LogP contribution is -2.57. The molecule has 2 aromatic rings. The number of Topliss-reactive ketones (excluding diaryl/α,β-unsaturated/α-hetero) is 1. The molecule has 1 fully saturated rings. The molecule has 0 spiro atoms. The van der Waals surface area contributed by atoms with E-state index in [9.17, 15) is 37.2 Å². The lowest BCUT2D eigenvalue weighted by atomic mass is 9.90. The number of nitrogens with zero attached hydrogens (tertiary/aromatic N) is 4. The van der Waals surface area contributed by atoms with Crippen LogP contribution in [0.3, 0.4) is 0 Å². The van der Waals surface area contributed by atoms with Gasteiger partial charge in [-0.1, -0.05) is 64.5 Å². The molecule has 1 unspecified atom stereocenters. The predicted octanol–water partition coefficient (Wildman–Crippen LogP) is 1.96. The Morgan fingerprint density at radius 3 is 2.03 bits per heavy atom. The Bertz CT molecular complexity index is 1910. The number of aryl methyl sites for hydroxylation is 1. The average molecular weight is 893 g/mol. The molecule has 20 nitrogen and oxygen atoms in total. The van der Waals surface area contributed by atoms with Gasteiger partial charge in [-0.2, -0.15) is 8.42 Å². The minimum atomic E-state index is -4.47. The molecule has 0 aliphatic carbocycles. The van der Waals surface area contributed by atoms with E-state index >= 15 is 0 Å². The predicted molar refractivity (Wildman–Crippen MR) is 225 cm³/mol. The van der Waals surface area contributed by atoms with E-state index in [1.807, 2.05) is 32.6 Å². The van der Waals surface area contributed by atoms with Crippen molar-refractivity contribution in [3.8, 4) is 0 Å². The summed E-state index contributed by atoms with van der Waals surface area (Å²) in [4.78, 5) is 81.1. The number of carbonyl (C=O) groups excluding carboxylic acids is 6. The Labute approximate surface area is 364 Å². The molecule has 1 aromatic heterocycles. The molecule has 4 N–H and O–H groups in total. The van der Waals surface area contributed by atoms with Gasteiger partial charge in [-0.3, -0.25) is 33.1 Å². The van der Waals surface area contributed by atoms with Crippen LogP contribution in [-0.4, -0.2) is 134 Å². The Morgan fingerprint density at radius 2 is 1.44 bits per heavy atom. The summed E-state index contributed by atoms with van der Waals surface area (Å²) in [5.41, 5.74) is -1.24. The van der Waals surface area contributed by atoms with Crippen molar-refractivity contribution < 1.29 is 55.6 Å². The number of benzene rings is 1. The second-order valence-corrected chi connectivity index (χ2v) is 17.9. The van der Waals surface area contributed by atoms with Gasteiger partial charge in [-0.25, -0.2) is 9.48 Å². The van der Waals surface area contributed by atoms with Crippen LogP contribution in [0.1, 0.15) is 91.4 Å². The minimum absolute atomic E-state index is 0.0135. The standard InChI is InChI=1S/C41H64N8O12S/c1-9-31(10-2)49-23-30(46-47-49)25-59-40(55)61-41(8,26-60-62(56,57)32-13-11-29(7)12-14-32)38(53)33(19-27(3)4)44-36(51)22-43-39(54)34(20-28(5)6)45-35(50)21-42-37(52)24-48-15-17-58-18-16-48/h11-14,23,27-28,31,33-34H,9-10,15-22,24-26H2,1-8H3,(H,42,52)(H,43,54)(H,44,51)(H,45,50)/t33-,34-,41?/m0/s1. The minimum Gasteiger partial charge on any atom is -0.428 e. The molecular weight excluding hydrogens is 829 g/mol. The lowest BCUT2D eigenvalue weighted by molar-refractivity contribution is -0.146. The van der Waals surface area contributed by atoms with E-state index in [-0.39, 0.29) is 61.2 Å². The number of morpholine rings is 1. The highest BCUT2D eigenvalue weighted by molar-refractivity contribution is 7.86. The van der Waals surface area contributed by atoms with E-state index in [4.69, 9.17) is 18.4 Å². The molecule has 2 heterocycles. The number of nitrogens with one attached hydrogen (secondary N) is 4. The Hall–Kier alpha value is -4.99. The third-order valence-electron chi connectivity index (χ3n) is 9.90. The molecule has 4 amide bonds. The highest BCUT2D eigenvalue weighted by Crippen LogP contribution is 2.24. The monoisotopic (exact) mass is 892 g/mol. The van der Waals surface area contributed by atoms with E-state index < -0.39 is 70.6 Å². The van der Waals surface area contributed by atoms with Crippen molar-refractivity contribution in [2.45, 2.75) is 116 Å². The Kier molecular flexibility index (Phi) is 20.4. The number of hydrogen-bond donors (Lipinski definition) is 4. The van der Waals surface area contributed by atoms with Crippen molar-refractivity contribution in [1.29, 1.82) is 0 Å². The fourth-order valence-corrected chi connectivity index (χ4v) is 7.42. The SMILES string of the molecule is CCC(CC)n1cc(COC(=O)OC(C)(COS(=O)(=O)c2ccc(C)cc2)C(=O)[C@H](CC(C)C)NC(=O)CNC(=O)[C@H](CC(C)C)NC(=O)CNC(=O)CN2CCOCC2)nn1. The quantitative estimate of drug-likeness (QED) is 0.0821. The molecule has 3 atom stereocenters. The fourth-order valence-electron chi connectivity index (χ4n) is 6.43. The van der Waals surface area contributed by atoms with Gasteiger partial charge in [0.1, 0.15) is 24.9 Å². The molecule has 0 saturated carbocycles. The first kappa shape index (κ1) is 51.4. The summed E-state index contributed by atoms with van der Waals surface area (Å²) in [6.45, 7) is 14.1. The van der Waals surface area contributed by atoms with Crippen molar-refractivity contribution in [2.75, 3.05) is 52.5 Å². The van der Waals surface area contributed by atoms with E-state index in [0.717, 1.165) is 25.3 Å². The van der Waals surface area contributed by atoms with E-state index in [1.165, 1.54) is 12.1 Å². The molecular formula is C41H64N8O12S. The van der Waals surface area contributed by atoms with E-state index in [2.05, 4.69) is 31.6 Å².